The van der Waals surface area contributed by atoms with E-state index in [0.717, 1.165) is 5.75 Å². The van der Waals surface area contributed by atoms with Crippen molar-refractivity contribution in [2.45, 2.75) is 38.9 Å². The van der Waals surface area contributed by atoms with Crippen LogP contribution in [0.4, 0.5) is 0 Å². The Morgan fingerprint density at radius 1 is 0.871 bits per heavy atom. The minimum atomic E-state index is -0.0192. The molecule has 6 nitrogen and oxygen atoms in total. The number of piperidine rings is 1. The molecule has 31 heavy (non-hydrogen) atoms. The monoisotopic (exact) mass is 422 g/mol. The molecule has 2 fully saturated rings. The predicted molar refractivity (Wildman–Crippen MR) is 118 cm³/mol. The van der Waals surface area contributed by atoms with E-state index in [1.807, 2.05) is 72.2 Å². The van der Waals surface area contributed by atoms with Crippen LogP contribution in [0.15, 0.2) is 54.6 Å². The Kier molecular flexibility index (Phi) is 6.56. The summed E-state index contributed by atoms with van der Waals surface area (Å²) in [5, 5.41) is 0. The molecule has 2 heterocycles. The van der Waals surface area contributed by atoms with Gasteiger partial charge in [-0.15, -0.1) is 0 Å². The molecular formula is C25H30N2O4. The van der Waals surface area contributed by atoms with E-state index < -0.39 is 0 Å². The predicted octanol–water partition coefficient (Wildman–Crippen LogP) is 3.97. The third kappa shape index (κ3) is 5.25. The highest BCUT2D eigenvalue weighted by Crippen LogP contribution is 2.25. The molecular weight excluding hydrogens is 392 g/mol. The first kappa shape index (κ1) is 21.4. The Morgan fingerprint density at radius 2 is 1.52 bits per heavy atom. The fraction of sp³-hybridized carbons (Fsp3) is 0.440. The average molecular weight is 423 g/mol. The summed E-state index contributed by atoms with van der Waals surface area (Å²) in [7, 11) is 0. The van der Waals surface area contributed by atoms with Gasteiger partial charge in [-0.1, -0.05) is 24.3 Å². The summed E-state index contributed by atoms with van der Waals surface area (Å²) in [6.45, 7) is 6.50. The first-order valence-electron chi connectivity index (χ1n) is 11.1. The molecule has 2 aliphatic heterocycles. The molecule has 0 aliphatic carbocycles. The third-order valence-electron chi connectivity index (χ3n) is 5.92. The van der Waals surface area contributed by atoms with Gasteiger partial charge in [-0.05, 0) is 57.0 Å². The fourth-order valence-corrected chi connectivity index (χ4v) is 4.45. The number of amides is 2. The normalized spacial score (nSPS) is 22.3. The van der Waals surface area contributed by atoms with E-state index in [-0.39, 0.29) is 29.9 Å². The number of carbonyl (C=O) groups is 2. The van der Waals surface area contributed by atoms with E-state index in [9.17, 15) is 9.59 Å². The number of hydrogen-bond acceptors (Lipinski definition) is 4. The summed E-state index contributed by atoms with van der Waals surface area (Å²) in [4.78, 5) is 29.8. The quantitative estimate of drug-likeness (QED) is 0.748. The highest BCUT2D eigenvalue weighted by molar-refractivity contribution is 5.94. The smallest absolute Gasteiger partial charge is 0.253 e. The molecule has 2 aromatic carbocycles. The summed E-state index contributed by atoms with van der Waals surface area (Å²) >= 11 is 0. The van der Waals surface area contributed by atoms with Crippen LogP contribution in [0.3, 0.4) is 0 Å². The van der Waals surface area contributed by atoms with E-state index in [1.54, 1.807) is 6.07 Å². The highest BCUT2D eigenvalue weighted by atomic mass is 16.5. The van der Waals surface area contributed by atoms with Gasteiger partial charge in [-0.25, -0.2) is 0 Å². The van der Waals surface area contributed by atoms with E-state index >= 15 is 0 Å². The molecule has 164 valence electrons. The van der Waals surface area contributed by atoms with Crippen molar-refractivity contribution in [3.05, 3.63) is 60.2 Å². The molecule has 6 heteroatoms. The highest BCUT2D eigenvalue weighted by Gasteiger charge is 2.33. The maximum absolute atomic E-state index is 13.0. The van der Waals surface area contributed by atoms with Crippen molar-refractivity contribution >= 4 is 11.8 Å². The minimum absolute atomic E-state index is 0.0157. The minimum Gasteiger partial charge on any atom is -0.457 e. The Labute approximate surface area is 183 Å². The summed E-state index contributed by atoms with van der Waals surface area (Å²) < 4.78 is 11.6. The number of likely N-dealkylation sites (tertiary alicyclic amines) is 1. The van der Waals surface area contributed by atoms with Gasteiger partial charge >= 0.3 is 0 Å². The van der Waals surface area contributed by atoms with Gasteiger partial charge in [-0.3, -0.25) is 9.59 Å². The molecule has 0 aromatic heterocycles. The lowest BCUT2D eigenvalue weighted by Gasteiger charge is -2.39. The Balaban J connectivity index is 1.34. The van der Waals surface area contributed by atoms with Gasteiger partial charge in [0.05, 0.1) is 12.2 Å². The van der Waals surface area contributed by atoms with Gasteiger partial charge in [0, 0.05) is 37.7 Å². The molecule has 2 aromatic rings. The second-order valence-corrected chi connectivity index (χ2v) is 8.51. The van der Waals surface area contributed by atoms with Crippen molar-refractivity contribution < 1.29 is 19.1 Å². The average Bonchev–Trinajstić information content (AvgIpc) is 2.78. The Hall–Kier alpha value is -2.86. The van der Waals surface area contributed by atoms with Crippen LogP contribution in [0.25, 0.3) is 0 Å². The second-order valence-electron chi connectivity index (χ2n) is 8.51. The van der Waals surface area contributed by atoms with E-state index in [1.165, 1.54) is 0 Å². The first-order chi connectivity index (χ1) is 15.0. The largest absolute Gasteiger partial charge is 0.457 e. The molecule has 2 atom stereocenters. The van der Waals surface area contributed by atoms with Crippen LogP contribution in [0, 0.1) is 5.92 Å². The van der Waals surface area contributed by atoms with Crippen molar-refractivity contribution in [1.29, 1.82) is 0 Å². The second kappa shape index (κ2) is 9.52. The topological polar surface area (TPSA) is 59.1 Å². The standard InChI is InChI=1S/C25H30N2O4/c1-18-16-27(17-19(2)30-18)24(28)20-11-13-26(14-12-20)25(29)21-7-6-10-23(15-21)31-22-8-4-3-5-9-22/h3-10,15,18-20H,11-14,16-17H2,1-2H3. The Bertz CT molecular complexity index is 899. The SMILES string of the molecule is CC1CN(C(=O)C2CCN(C(=O)c3cccc(Oc4ccccc4)c3)CC2)CC(C)O1. The lowest BCUT2D eigenvalue weighted by atomic mass is 9.94. The van der Waals surface area contributed by atoms with Crippen molar-refractivity contribution in [3.63, 3.8) is 0 Å². The van der Waals surface area contributed by atoms with Crippen LogP contribution >= 0.6 is 0 Å². The number of benzene rings is 2. The maximum atomic E-state index is 13.0. The van der Waals surface area contributed by atoms with Crippen molar-refractivity contribution in [2.75, 3.05) is 26.2 Å². The van der Waals surface area contributed by atoms with Gasteiger partial charge in [0.15, 0.2) is 0 Å². The Morgan fingerprint density at radius 3 is 2.19 bits per heavy atom. The van der Waals surface area contributed by atoms with Crippen molar-refractivity contribution in [3.8, 4) is 11.5 Å². The van der Waals surface area contributed by atoms with Crippen molar-refractivity contribution in [1.82, 2.24) is 9.80 Å². The lowest BCUT2D eigenvalue weighted by molar-refractivity contribution is -0.148. The number of para-hydroxylation sites is 1. The third-order valence-corrected chi connectivity index (χ3v) is 5.92. The fourth-order valence-electron chi connectivity index (χ4n) is 4.45. The number of morpholine rings is 1. The molecule has 2 unspecified atom stereocenters. The summed E-state index contributed by atoms with van der Waals surface area (Å²) in [6, 6.07) is 16.8. The molecule has 0 spiro atoms. The zero-order valence-corrected chi connectivity index (χ0v) is 18.2. The van der Waals surface area contributed by atoms with Crippen LogP contribution < -0.4 is 4.74 Å². The van der Waals surface area contributed by atoms with Crippen LogP contribution in [0.2, 0.25) is 0 Å². The van der Waals surface area contributed by atoms with Crippen LogP contribution in [0.1, 0.15) is 37.0 Å². The molecule has 2 aliphatic rings. The first-order valence-corrected chi connectivity index (χ1v) is 11.1. The maximum Gasteiger partial charge on any atom is 0.253 e. The number of rotatable bonds is 4. The number of nitrogens with zero attached hydrogens (tertiary/aromatic N) is 2. The van der Waals surface area contributed by atoms with E-state index in [4.69, 9.17) is 9.47 Å². The van der Waals surface area contributed by atoms with Gasteiger partial charge in [0.1, 0.15) is 11.5 Å². The van der Waals surface area contributed by atoms with Gasteiger partial charge < -0.3 is 19.3 Å². The molecule has 0 bridgehead atoms. The lowest BCUT2D eigenvalue weighted by Crippen LogP contribution is -2.51. The zero-order valence-electron chi connectivity index (χ0n) is 18.2. The van der Waals surface area contributed by atoms with Crippen LogP contribution in [0.5, 0.6) is 11.5 Å². The molecule has 2 amide bonds. The van der Waals surface area contributed by atoms with Crippen LogP contribution in [-0.2, 0) is 9.53 Å². The molecule has 0 N–H and O–H groups in total. The summed E-state index contributed by atoms with van der Waals surface area (Å²) in [5.74, 6) is 1.54. The number of ether oxygens (including phenoxy) is 2. The summed E-state index contributed by atoms with van der Waals surface area (Å²) in [5.41, 5.74) is 0.606. The van der Waals surface area contributed by atoms with Gasteiger partial charge in [0.25, 0.3) is 5.91 Å². The van der Waals surface area contributed by atoms with Gasteiger partial charge in [0.2, 0.25) is 5.91 Å². The molecule has 0 radical (unpaired) electrons. The molecule has 4 rings (SSSR count). The van der Waals surface area contributed by atoms with E-state index in [2.05, 4.69) is 0 Å². The summed E-state index contributed by atoms with van der Waals surface area (Å²) in [6.07, 6.45) is 1.54. The molecule has 0 saturated carbocycles. The van der Waals surface area contributed by atoms with Crippen molar-refractivity contribution in [2.24, 2.45) is 5.92 Å². The van der Waals surface area contributed by atoms with E-state index in [0.29, 0.717) is 50.3 Å². The van der Waals surface area contributed by atoms with Gasteiger partial charge in [-0.2, -0.15) is 0 Å². The molecule has 2 saturated heterocycles. The van der Waals surface area contributed by atoms with Crippen LogP contribution in [-0.4, -0.2) is 60.0 Å². The number of carbonyl (C=O) groups excluding carboxylic acids is 2. The zero-order chi connectivity index (χ0) is 21.8. The number of hydrogen-bond donors (Lipinski definition) is 0.